The fourth-order valence-corrected chi connectivity index (χ4v) is 3.25. The van der Waals surface area contributed by atoms with E-state index >= 15 is 0 Å². The van der Waals surface area contributed by atoms with E-state index < -0.39 is 6.67 Å². The van der Waals surface area contributed by atoms with Crippen molar-refractivity contribution in [1.82, 2.24) is 20.1 Å². The molecule has 1 fully saturated rings. The summed E-state index contributed by atoms with van der Waals surface area (Å²) in [4.78, 5) is 4.22. The summed E-state index contributed by atoms with van der Waals surface area (Å²) in [6, 6.07) is 8.45. The molecule has 1 aliphatic rings. The van der Waals surface area contributed by atoms with Crippen LogP contribution in [0.1, 0.15) is 37.1 Å². The smallest absolute Gasteiger partial charge is 0.140 e. The minimum Gasteiger partial charge on any atom is -0.489 e. The molecule has 130 valence electrons. The first-order valence-electron chi connectivity index (χ1n) is 8.65. The van der Waals surface area contributed by atoms with E-state index in [0.717, 1.165) is 24.4 Å². The normalized spacial score (nSPS) is 20.9. The van der Waals surface area contributed by atoms with Crippen molar-refractivity contribution in [2.45, 2.75) is 57.8 Å². The van der Waals surface area contributed by atoms with Crippen LogP contribution in [0.2, 0.25) is 0 Å². The van der Waals surface area contributed by atoms with Gasteiger partial charge in [-0.2, -0.15) is 5.10 Å². The van der Waals surface area contributed by atoms with Crippen molar-refractivity contribution in [3.8, 4) is 5.75 Å². The van der Waals surface area contributed by atoms with E-state index in [4.69, 9.17) is 4.74 Å². The zero-order valence-electron chi connectivity index (χ0n) is 14.1. The van der Waals surface area contributed by atoms with Crippen molar-refractivity contribution >= 4 is 0 Å². The van der Waals surface area contributed by atoms with Gasteiger partial charge in [0.25, 0.3) is 0 Å². The second kappa shape index (κ2) is 8.24. The van der Waals surface area contributed by atoms with Crippen molar-refractivity contribution in [1.29, 1.82) is 0 Å². The van der Waals surface area contributed by atoms with Gasteiger partial charge in [0.15, 0.2) is 0 Å². The highest BCUT2D eigenvalue weighted by atomic mass is 19.1. The van der Waals surface area contributed by atoms with Crippen LogP contribution >= 0.6 is 0 Å². The standard InChI is InChI=1S/C18H25FN4O/c1-14-5-4-6-15(11-14)24-17-8-3-2-7-16(17)20-12-18-21-13-22-23(18)10-9-19/h4-6,11,13,16-17,20H,2-3,7-10,12H2,1H3/t16-,17+/m0/s1. The molecule has 1 N–H and O–H groups in total. The van der Waals surface area contributed by atoms with Crippen LogP contribution in [0.4, 0.5) is 4.39 Å². The summed E-state index contributed by atoms with van der Waals surface area (Å²) in [6.07, 6.45) is 6.14. The van der Waals surface area contributed by atoms with Crippen molar-refractivity contribution in [2.24, 2.45) is 0 Å². The summed E-state index contributed by atoms with van der Waals surface area (Å²) in [7, 11) is 0. The zero-order chi connectivity index (χ0) is 16.8. The molecular weight excluding hydrogens is 307 g/mol. The highest BCUT2D eigenvalue weighted by molar-refractivity contribution is 5.27. The molecule has 0 radical (unpaired) electrons. The summed E-state index contributed by atoms with van der Waals surface area (Å²) in [5.74, 6) is 1.70. The molecule has 0 saturated heterocycles. The van der Waals surface area contributed by atoms with E-state index in [1.165, 1.54) is 24.7 Å². The predicted molar refractivity (Wildman–Crippen MR) is 90.7 cm³/mol. The molecule has 5 nitrogen and oxygen atoms in total. The average Bonchev–Trinajstić information content (AvgIpc) is 3.02. The first-order valence-corrected chi connectivity index (χ1v) is 8.65. The van der Waals surface area contributed by atoms with Crippen LogP contribution in [0.15, 0.2) is 30.6 Å². The molecule has 1 aromatic carbocycles. The molecule has 1 aromatic heterocycles. The molecule has 2 aromatic rings. The average molecular weight is 332 g/mol. The third-order valence-corrected chi connectivity index (χ3v) is 4.49. The van der Waals surface area contributed by atoms with Crippen molar-refractivity contribution in [2.75, 3.05) is 6.67 Å². The van der Waals surface area contributed by atoms with Crippen LogP contribution in [0.5, 0.6) is 5.75 Å². The molecule has 0 bridgehead atoms. The number of nitrogens with zero attached hydrogens (tertiary/aromatic N) is 3. The Morgan fingerprint density at radius 2 is 2.21 bits per heavy atom. The maximum absolute atomic E-state index is 12.5. The lowest BCUT2D eigenvalue weighted by atomic mass is 9.92. The zero-order valence-corrected chi connectivity index (χ0v) is 14.1. The fraction of sp³-hybridized carbons (Fsp3) is 0.556. The Morgan fingerprint density at radius 3 is 3.04 bits per heavy atom. The molecule has 0 aliphatic heterocycles. The van der Waals surface area contributed by atoms with Crippen LogP contribution in [0.25, 0.3) is 0 Å². The van der Waals surface area contributed by atoms with Crippen LogP contribution in [-0.4, -0.2) is 33.6 Å². The largest absolute Gasteiger partial charge is 0.489 e. The van der Waals surface area contributed by atoms with Crippen molar-refractivity contribution in [3.05, 3.63) is 42.0 Å². The molecule has 2 atom stereocenters. The molecule has 1 heterocycles. The topological polar surface area (TPSA) is 52.0 Å². The van der Waals surface area contributed by atoms with E-state index in [1.54, 1.807) is 4.68 Å². The van der Waals surface area contributed by atoms with Gasteiger partial charge in [-0.3, -0.25) is 0 Å². The Hall–Kier alpha value is -1.95. The second-order valence-electron chi connectivity index (χ2n) is 6.33. The number of aryl methyl sites for hydroxylation is 2. The lowest BCUT2D eigenvalue weighted by Crippen LogP contribution is -2.45. The van der Waals surface area contributed by atoms with Gasteiger partial charge in [0.05, 0.1) is 13.1 Å². The molecular formula is C18H25FN4O. The predicted octanol–water partition coefficient (Wildman–Crippen LogP) is 3.04. The number of ether oxygens (including phenoxy) is 1. The number of halogens is 1. The van der Waals surface area contributed by atoms with Gasteiger partial charge in [0.1, 0.15) is 30.7 Å². The molecule has 0 spiro atoms. The third-order valence-electron chi connectivity index (χ3n) is 4.49. The molecule has 24 heavy (non-hydrogen) atoms. The Morgan fingerprint density at radius 1 is 1.33 bits per heavy atom. The highest BCUT2D eigenvalue weighted by Crippen LogP contribution is 2.24. The minimum absolute atomic E-state index is 0.151. The molecule has 6 heteroatoms. The summed E-state index contributed by atoms with van der Waals surface area (Å²) in [5, 5.41) is 7.60. The number of hydrogen-bond donors (Lipinski definition) is 1. The number of benzene rings is 1. The number of hydrogen-bond acceptors (Lipinski definition) is 4. The van der Waals surface area contributed by atoms with Crippen LogP contribution in [0, 0.1) is 6.92 Å². The Balaban J connectivity index is 1.61. The van der Waals surface area contributed by atoms with Gasteiger partial charge in [0.2, 0.25) is 0 Å². The van der Waals surface area contributed by atoms with Gasteiger partial charge in [0, 0.05) is 6.04 Å². The van der Waals surface area contributed by atoms with E-state index in [2.05, 4.69) is 34.5 Å². The van der Waals surface area contributed by atoms with Gasteiger partial charge >= 0.3 is 0 Å². The van der Waals surface area contributed by atoms with Crippen LogP contribution in [-0.2, 0) is 13.1 Å². The first kappa shape index (κ1) is 16.9. The van der Waals surface area contributed by atoms with E-state index in [9.17, 15) is 4.39 Å². The first-order chi connectivity index (χ1) is 11.8. The van der Waals surface area contributed by atoms with E-state index in [1.807, 2.05) is 12.1 Å². The highest BCUT2D eigenvalue weighted by Gasteiger charge is 2.26. The number of rotatable bonds is 7. The minimum atomic E-state index is -0.432. The summed E-state index contributed by atoms with van der Waals surface area (Å²) < 4.78 is 20.4. The van der Waals surface area contributed by atoms with Gasteiger partial charge in [-0.25, -0.2) is 14.1 Å². The monoisotopic (exact) mass is 332 g/mol. The van der Waals surface area contributed by atoms with Crippen molar-refractivity contribution < 1.29 is 9.13 Å². The van der Waals surface area contributed by atoms with Gasteiger partial charge < -0.3 is 10.1 Å². The van der Waals surface area contributed by atoms with E-state index in [-0.39, 0.29) is 18.7 Å². The summed E-state index contributed by atoms with van der Waals surface area (Å²) >= 11 is 0. The lowest BCUT2D eigenvalue weighted by Gasteiger charge is -2.32. The Bertz CT molecular complexity index is 645. The Kier molecular flexibility index (Phi) is 5.80. The molecule has 3 rings (SSSR count). The molecule has 1 aliphatic carbocycles. The quantitative estimate of drug-likeness (QED) is 0.847. The number of nitrogens with one attached hydrogen (secondary N) is 1. The van der Waals surface area contributed by atoms with E-state index in [0.29, 0.717) is 6.54 Å². The van der Waals surface area contributed by atoms with Gasteiger partial charge in [-0.15, -0.1) is 0 Å². The number of alkyl halides is 1. The lowest BCUT2D eigenvalue weighted by molar-refractivity contribution is 0.112. The molecule has 0 unspecified atom stereocenters. The summed E-state index contributed by atoms with van der Waals surface area (Å²) in [6.45, 7) is 2.48. The maximum atomic E-state index is 12.5. The number of aromatic nitrogens is 3. The van der Waals surface area contributed by atoms with Gasteiger partial charge in [-0.1, -0.05) is 18.6 Å². The summed E-state index contributed by atoms with van der Waals surface area (Å²) in [5.41, 5.74) is 1.20. The molecule has 0 amide bonds. The van der Waals surface area contributed by atoms with Crippen molar-refractivity contribution in [3.63, 3.8) is 0 Å². The SMILES string of the molecule is Cc1cccc(O[C@@H]2CCCC[C@@H]2NCc2ncnn2CCF)c1. The van der Waals surface area contributed by atoms with Gasteiger partial charge in [-0.05, 0) is 43.9 Å². The molecule has 1 saturated carbocycles. The fourth-order valence-electron chi connectivity index (χ4n) is 3.25. The second-order valence-corrected chi connectivity index (χ2v) is 6.33. The Labute approximate surface area is 142 Å². The van der Waals surface area contributed by atoms with Crippen LogP contribution in [0.3, 0.4) is 0 Å². The maximum Gasteiger partial charge on any atom is 0.140 e. The third kappa shape index (κ3) is 4.32. The van der Waals surface area contributed by atoms with Crippen LogP contribution < -0.4 is 10.1 Å².